The molecule has 0 radical (unpaired) electrons. The van der Waals surface area contributed by atoms with Gasteiger partial charge in [0.05, 0.1) is 0 Å². The fourth-order valence-electron chi connectivity index (χ4n) is 2.46. The molecule has 0 saturated carbocycles. The number of nitrogens with zero attached hydrogens (tertiary/aromatic N) is 2. The molecule has 7 nitrogen and oxygen atoms in total. The zero-order chi connectivity index (χ0) is 18.2. The Morgan fingerprint density at radius 2 is 1.92 bits per heavy atom. The monoisotopic (exact) mass is 348 g/mol. The number of carbonyl (C=O) groups is 1. The summed E-state index contributed by atoms with van der Waals surface area (Å²) in [5.41, 5.74) is 2.21. The lowest BCUT2D eigenvalue weighted by atomic mass is 10.1. The Kier molecular flexibility index (Phi) is 7.09. The zero-order valence-electron chi connectivity index (χ0n) is 15.5. The van der Waals surface area contributed by atoms with E-state index < -0.39 is 6.09 Å². The van der Waals surface area contributed by atoms with E-state index in [9.17, 15) is 4.79 Å². The van der Waals surface area contributed by atoms with Crippen LogP contribution >= 0.6 is 0 Å². The molecule has 1 aromatic carbocycles. The van der Waals surface area contributed by atoms with Crippen LogP contribution in [0.25, 0.3) is 10.9 Å². The summed E-state index contributed by atoms with van der Waals surface area (Å²) in [4.78, 5) is 19.0. The molecule has 25 heavy (non-hydrogen) atoms. The number of alkyl carbamates (subject to hydrolysis) is 1. The molecule has 0 bridgehead atoms. The fourth-order valence-corrected chi connectivity index (χ4v) is 2.46. The van der Waals surface area contributed by atoms with Crippen molar-refractivity contribution in [1.82, 2.24) is 20.1 Å². The van der Waals surface area contributed by atoms with Crippen LogP contribution in [0.5, 0.6) is 5.75 Å². The Hall–Kier alpha value is -2.25. The number of H-pyrrole nitrogens is 1. The van der Waals surface area contributed by atoms with Crippen LogP contribution in [0.3, 0.4) is 0 Å². The summed E-state index contributed by atoms with van der Waals surface area (Å²) < 4.78 is 10.8. The molecule has 1 aromatic heterocycles. The number of likely N-dealkylation sites (N-methyl/N-ethyl adjacent to an activating group) is 2. The Labute approximate surface area is 148 Å². The predicted octanol–water partition coefficient (Wildman–Crippen LogP) is 1.90. The third-order valence-corrected chi connectivity index (χ3v) is 3.81. The van der Waals surface area contributed by atoms with Gasteiger partial charge in [-0.15, -0.1) is 0 Å². The number of carbonyl (C=O) groups excluding carboxylic acids is 1. The largest absolute Gasteiger partial charge is 0.457 e. The van der Waals surface area contributed by atoms with Gasteiger partial charge in [0, 0.05) is 36.7 Å². The molecule has 138 valence electrons. The Balaban J connectivity index is 1.92. The summed E-state index contributed by atoms with van der Waals surface area (Å²) in [6, 6.07) is 5.82. The molecule has 7 heteroatoms. The number of ether oxygens (including phenoxy) is 2. The van der Waals surface area contributed by atoms with Crippen molar-refractivity contribution < 1.29 is 14.3 Å². The molecule has 1 amide bonds. The van der Waals surface area contributed by atoms with Crippen molar-refractivity contribution in [3.63, 3.8) is 0 Å². The first-order valence-electron chi connectivity index (χ1n) is 8.39. The number of hydrogen-bond acceptors (Lipinski definition) is 5. The van der Waals surface area contributed by atoms with E-state index in [0.717, 1.165) is 30.4 Å². The van der Waals surface area contributed by atoms with Crippen LogP contribution in [0.15, 0.2) is 24.4 Å². The van der Waals surface area contributed by atoms with Gasteiger partial charge in [0.25, 0.3) is 0 Å². The molecule has 1 heterocycles. The molecule has 2 aromatic rings. The standard InChI is InChI=1S/C18H28N4O3/c1-21(2)10-8-14-12-20-15-6-5-7-16(17(14)15)24-13-25-18(23)19-9-11-22(3)4/h5-7,12,20H,8-11,13H2,1-4H3,(H,19,23). The van der Waals surface area contributed by atoms with Crippen molar-refractivity contribution >= 4 is 17.0 Å². The van der Waals surface area contributed by atoms with Crippen LogP contribution in [0.4, 0.5) is 4.79 Å². The molecule has 2 N–H and O–H groups in total. The van der Waals surface area contributed by atoms with Gasteiger partial charge in [-0.3, -0.25) is 0 Å². The number of aromatic nitrogens is 1. The number of rotatable bonds is 9. The minimum atomic E-state index is -0.476. The van der Waals surface area contributed by atoms with Gasteiger partial charge in [0.15, 0.2) is 0 Å². The minimum Gasteiger partial charge on any atom is -0.457 e. The first-order valence-corrected chi connectivity index (χ1v) is 8.39. The number of hydrogen-bond donors (Lipinski definition) is 2. The molecule has 0 saturated heterocycles. The van der Waals surface area contributed by atoms with E-state index in [1.54, 1.807) is 0 Å². The lowest BCUT2D eigenvalue weighted by Crippen LogP contribution is -2.32. The van der Waals surface area contributed by atoms with Crippen molar-refractivity contribution in [2.75, 3.05) is 54.6 Å². The molecule has 0 aliphatic carbocycles. The van der Waals surface area contributed by atoms with Crippen molar-refractivity contribution in [3.8, 4) is 5.75 Å². The maximum Gasteiger partial charge on any atom is 0.410 e. The topological polar surface area (TPSA) is 69.8 Å². The third-order valence-electron chi connectivity index (χ3n) is 3.81. The number of fused-ring (bicyclic) bond motifs is 1. The van der Waals surface area contributed by atoms with Crippen LogP contribution in [0.1, 0.15) is 5.56 Å². The lowest BCUT2D eigenvalue weighted by molar-refractivity contribution is 0.0602. The number of nitrogens with one attached hydrogen (secondary N) is 2. The smallest absolute Gasteiger partial charge is 0.410 e. The SMILES string of the molecule is CN(C)CCNC(=O)OCOc1cccc2[nH]cc(CCN(C)C)c12. The van der Waals surface area contributed by atoms with Gasteiger partial charge < -0.3 is 29.6 Å². The zero-order valence-corrected chi connectivity index (χ0v) is 15.5. The van der Waals surface area contributed by atoms with Gasteiger partial charge in [0.1, 0.15) is 5.75 Å². The molecular formula is C18H28N4O3. The molecule has 0 atom stereocenters. The maximum atomic E-state index is 11.6. The number of amides is 1. The molecule has 0 spiro atoms. The number of aromatic amines is 1. The molecular weight excluding hydrogens is 320 g/mol. The second-order valence-electron chi connectivity index (χ2n) is 6.47. The molecule has 0 unspecified atom stereocenters. The van der Waals surface area contributed by atoms with Gasteiger partial charge in [-0.1, -0.05) is 6.07 Å². The summed E-state index contributed by atoms with van der Waals surface area (Å²) in [5, 5.41) is 3.72. The highest BCUT2D eigenvalue weighted by molar-refractivity contribution is 5.89. The predicted molar refractivity (Wildman–Crippen MR) is 99.1 cm³/mol. The Bertz CT molecular complexity index is 682. The van der Waals surface area contributed by atoms with E-state index in [4.69, 9.17) is 9.47 Å². The van der Waals surface area contributed by atoms with Crippen LogP contribution < -0.4 is 10.1 Å². The van der Waals surface area contributed by atoms with E-state index >= 15 is 0 Å². The van der Waals surface area contributed by atoms with E-state index in [0.29, 0.717) is 12.3 Å². The summed E-state index contributed by atoms with van der Waals surface area (Å²) >= 11 is 0. The quantitative estimate of drug-likeness (QED) is 0.678. The van der Waals surface area contributed by atoms with E-state index in [1.807, 2.05) is 43.4 Å². The third kappa shape index (κ3) is 5.95. The number of benzene rings is 1. The van der Waals surface area contributed by atoms with Gasteiger partial charge in [-0.2, -0.15) is 0 Å². The Morgan fingerprint density at radius 1 is 1.16 bits per heavy atom. The highest BCUT2D eigenvalue weighted by atomic mass is 16.7. The van der Waals surface area contributed by atoms with Crippen molar-refractivity contribution in [1.29, 1.82) is 0 Å². The second-order valence-corrected chi connectivity index (χ2v) is 6.47. The highest BCUT2D eigenvalue weighted by Gasteiger charge is 2.11. The first-order chi connectivity index (χ1) is 12.0. The van der Waals surface area contributed by atoms with Gasteiger partial charge >= 0.3 is 6.09 Å². The average Bonchev–Trinajstić information content (AvgIpc) is 2.96. The fraction of sp³-hybridized carbons (Fsp3) is 0.500. The van der Waals surface area contributed by atoms with Gasteiger partial charge in [-0.05, 0) is 52.3 Å². The van der Waals surface area contributed by atoms with Crippen LogP contribution in [0.2, 0.25) is 0 Å². The first kappa shape index (κ1) is 19.1. The Morgan fingerprint density at radius 3 is 2.64 bits per heavy atom. The minimum absolute atomic E-state index is 0.120. The normalized spacial score (nSPS) is 11.3. The molecule has 0 aliphatic rings. The van der Waals surface area contributed by atoms with E-state index in [1.165, 1.54) is 5.56 Å². The van der Waals surface area contributed by atoms with Crippen LogP contribution in [-0.2, 0) is 11.2 Å². The van der Waals surface area contributed by atoms with Gasteiger partial charge in [-0.25, -0.2) is 4.79 Å². The van der Waals surface area contributed by atoms with E-state index in [2.05, 4.69) is 29.3 Å². The molecule has 0 aliphatic heterocycles. The molecule has 2 rings (SSSR count). The highest BCUT2D eigenvalue weighted by Crippen LogP contribution is 2.29. The van der Waals surface area contributed by atoms with E-state index in [-0.39, 0.29) is 6.79 Å². The van der Waals surface area contributed by atoms with Crippen molar-refractivity contribution in [2.45, 2.75) is 6.42 Å². The maximum absolute atomic E-state index is 11.6. The molecule has 0 fully saturated rings. The summed E-state index contributed by atoms with van der Waals surface area (Å²) in [5.74, 6) is 0.716. The lowest BCUT2D eigenvalue weighted by Gasteiger charge is -2.12. The second kappa shape index (κ2) is 9.29. The van der Waals surface area contributed by atoms with Gasteiger partial charge in [0.2, 0.25) is 6.79 Å². The van der Waals surface area contributed by atoms with Crippen molar-refractivity contribution in [3.05, 3.63) is 30.0 Å². The summed E-state index contributed by atoms with van der Waals surface area (Å²) in [6.45, 7) is 2.12. The summed E-state index contributed by atoms with van der Waals surface area (Å²) in [6.07, 6.45) is 2.45. The average molecular weight is 348 g/mol. The van der Waals surface area contributed by atoms with Crippen LogP contribution in [-0.4, -0.2) is 75.5 Å². The van der Waals surface area contributed by atoms with Crippen LogP contribution in [0, 0.1) is 0 Å². The van der Waals surface area contributed by atoms with Crippen molar-refractivity contribution in [2.24, 2.45) is 0 Å². The summed E-state index contributed by atoms with van der Waals surface area (Å²) in [7, 11) is 7.99.